The van der Waals surface area contributed by atoms with Crippen LogP contribution in [0.5, 0.6) is 0 Å². The van der Waals surface area contributed by atoms with Crippen LogP contribution in [0.25, 0.3) is 0 Å². The minimum Gasteiger partial charge on any atom is -0.207 e. The highest BCUT2D eigenvalue weighted by molar-refractivity contribution is 7.89. The molecule has 0 aliphatic heterocycles. The minimum atomic E-state index is -4.45. The van der Waals surface area contributed by atoms with E-state index in [2.05, 4.69) is 6.58 Å². The lowest BCUT2D eigenvalue weighted by molar-refractivity contribution is 0.494. The van der Waals surface area contributed by atoms with Crippen molar-refractivity contribution >= 4 is 21.6 Å². The summed E-state index contributed by atoms with van der Waals surface area (Å²) in [4.78, 5) is -1.25. The lowest BCUT2D eigenvalue weighted by Crippen LogP contribution is -2.26. The quantitative estimate of drug-likeness (QED) is 0.921. The maximum absolute atomic E-state index is 13.2. The summed E-state index contributed by atoms with van der Waals surface area (Å²) in [5.41, 5.74) is 0. The third-order valence-corrected chi connectivity index (χ3v) is 3.27. The molecule has 0 aliphatic carbocycles. The van der Waals surface area contributed by atoms with Crippen molar-refractivity contribution in [2.24, 2.45) is 0 Å². The van der Waals surface area contributed by atoms with Crippen molar-refractivity contribution in [2.45, 2.75) is 4.90 Å². The number of benzene rings is 1. The van der Waals surface area contributed by atoms with Crippen molar-refractivity contribution in [2.75, 3.05) is 6.54 Å². The van der Waals surface area contributed by atoms with Gasteiger partial charge in [-0.05, 0) is 0 Å². The number of nitrogens with one attached hydrogen (secondary N) is 1. The molecule has 1 N–H and O–H groups in total. The molecule has 0 saturated heterocycles. The molecular formula is C9H7ClF3NO2S. The lowest BCUT2D eigenvalue weighted by Gasteiger charge is -2.07. The Labute approximate surface area is 101 Å². The highest BCUT2D eigenvalue weighted by atomic mass is 35.5. The number of hydrogen-bond acceptors (Lipinski definition) is 2. The van der Waals surface area contributed by atoms with E-state index in [0.29, 0.717) is 0 Å². The third-order valence-electron chi connectivity index (χ3n) is 1.69. The van der Waals surface area contributed by atoms with Crippen molar-refractivity contribution in [1.82, 2.24) is 4.72 Å². The number of halogens is 4. The first-order valence-electron chi connectivity index (χ1n) is 4.21. The van der Waals surface area contributed by atoms with Crippen LogP contribution in [0.2, 0.25) is 0 Å². The number of sulfonamides is 1. The van der Waals surface area contributed by atoms with Gasteiger partial charge in [0.05, 0.1) is 0 Å². The highest BCUT2D eigenvalue weighted by Crippen LogP contribution is 2.20. The van der Waals surface area contributed by atoms with E-state index < -0.39 is 32.4 Å². The monoisotopic (exact) mass is 285 g/mol. The van der Waals surface area contributed by atoms with Crippen molar-refractivity contribution in [3.63, 3.8) is 0 Å². The van der Waals surface area contributed by atoms with Crippen LogP contribution in [0.15, 0.2) is 28.6 Å². The molecule has 17 heavy (non-hydrogen) atoms. The molecule has 3 nitrogen and oxygen atoms in total. The Morgan fingerprint density at radius 3 is 2.18 bits per heavy atom. The van der Waals surface area contributed by atoms with Gasteiger partial charge in [0, 0.05) is 23.7 Å². The van der Waals surface area contributed by atoms with Gasteiger partial charge in [0.2, 0.25) is 10.0 Å². The first-order chi connectivity index (χ1) is 7.74. The van der Waals surface area contributed by atoms with Crippen LogP contribution in [-0.4, -0.2) is 15.0 Å². The van der Waals surface area contributed by atoms with E-state index in [4.69, 9.17) is 11.6 Å². The van der Waals surface area contributed by atoms with E-state index >= 15 is 0 Å². The molecular weight excluding hydrogens is 279 g/mol. The van der Waals surface area contributed by atoms with E-state index in [9.17, 15) is 21.6 Å². The Bertz CT molecular complexity index is 536. The average molecular weight is 286 g/mol. The van der Waals surface area contributed by atoms with Gasteiger partial charge in [-0.3, -0.25) is 0 Å². The van der Waals surface area contributed by atoms with E-state index in [0.717, 1.165) is 0 Å². The summed E-state index contributed by atoms with van der Waals surface area (Å²) in [5.74, 6) is -4.24. The van der Waals surface area contributed by atoms with Gasteiger partial charge in [-0.2, -0.15) is 0 Å². The molecule has 1 rings (SSSR count). The largest absolute Gasteiger partial charge is 0.246 e. The highest BCUT2D eigenvalue weighted by Gasteiger charge is 2.24. The fourth-order valence-electron chi connectivity index (χ4n) is 1.03. The van der Waals surface area contributed by atoms with Crippen molar-refractivity contribution in [3.05, 3.63) is 41.2 Å². The average Bonchev–Trinajstić information content (AvgIpc) is 2.12. The van der Waals surface area contributed by atoms with Crippen LogP contribution < -0.4 is 4.72 Å². The van der Waals surface area contributed by atoms with E-state index in [-0.39, 0.29) is 23.7 Å². The van der Waals surface area contributed by atoms with Crippen LogP contribution >= 0.6 is 11.6 Å². The van der Waals surface area contributed by atoms with E-state index in [1.807, 2.05) is 4.72 Å². The molecule has 0 atom stereocenters. The molecule has 0 amide bonds. The SMILES string of the molecule is C=C(Cl)CNS(=O)(=O)c1c(F)cc(F)cc1F. The summed E-state index contributed by atoms with van der Waals surface area (Å²) in [6.45, 7) is 2.81. The summed E-state index contributed by atoms with van der Waals surface area (Å²) >= 11 is 5.31. The summed E-state index contributed by atoms with van der Waals surface area (Å²) in [6.07, 6.45) is 0. The van der Waals surface area contributed by atoms with Crippen LogP contribution in [0.3, 0.4) is 0 Å². The van der Waals surface area contributed by atoms with Gasteiger partial charge in [-0.15, -0.1) is 0 Å². The molecule has 8 heteroatoms. The van der Waals surface area contributed by atoms with Crippen LogP contribution in [0.1, 0.15) is 0 Å². The summed E-state index contributed by atoms with van der Waals surface area (Å²) in [5, 5.41) is -0.0588. The second kappa shape index (κ2) is 5.07. The second-order valence-electron chi connectivity index (χ2n) is 3.04. The molecule has 0 bridgehead atoms. The fourth-order valence-corrected chi connectivity index (χ4v) is 2.32. The van der Waals surface area contributed by atoms with Gasteiger partial charge in [0.1, 0.15) is 17.5 Å². The number of rotatable bonds is 4. The Balaban J connectivity index is 3.20. The predicted octanol–water partition coefficient (Wildman–Crippen LogP) is 2.13. The normalized spacial score (nSPS) is 11.5. The van der Waals surface area contributed by atoms with Crippen molar-refractivity contribution in [1.29, 1.82) is 0 Å². The molecule has 0 aliphatic rings. The standard InChI is InChI=1S/C9H7ClF3NO2S/c1-5(10)4-14-17(15,16)9-7(12)2-6(11)3-8(9)13/h2-3,14H,1,4H2. The lowest BCUT2D eigenvalue weighted by atomic mass is 10.3. The minimum absolute atomic E-state index is 0.0588. The molecule has 94 valence electrons. The summed E-state index contributed by atoms with van der Waals surface area (Å²) in [6, 6.07) is 0.542. The molecule has 0 saturated carbocycles. The molecule has 0 radical (unpaired) electrons. The Hall–Kier alpha value is -1.05. The van der Waals surface area contributed by atoms with Gasteiger partial charge >= 0.3 is 0 Å². The topological polar surface area (TPSA) is 46.2 Å². The number of hydrogen-bond donors (Lipinski definition) is 1. The van der Waals surface area contributed by atoms with Crippen LogP contribution in [0, 0.1) is 17.5 Å². The molecule has 0 unspecified atom stereocenters. The summed E-state index contributed by atoms with van der Waals surface area (Å²) in [7, 11) is -4.45. The zero-order valence-corrected chi connectivity index (χ0v) is 9.88. The second-order valence-corrected chi connectivity index (χ2v) is 5.28. The fraction of sp³-hybridized carbons (Fsp3) is 0.111. The zero-order chi connectivity index (χ0) is 13.2. The van der Waals surface area contributed by atoms with Gasteiger partial charge in [0.25, 0.3) is 0 Å². The molecule has 0 spiro atoms. The third kappa shape index (κ3) is 3.45. The Morgan fingerprint density at radius 1 is 1.29 bits per heavy atom. The maximum atomic E-state index is 13.2. The Morgan fingerprint density at radius 2 is 1.76 bits per heavy atom. The van der Waals surface area contributed by atoms with Crippen LogP contribution in [-0.2, 0) is 10.0 Å². The molecule has 1 aromatic rings. The van der Waals surface area contributed by atoms with Gasteiger partial charge in [0.15, 0.2) is 4.90 Å². The molecule has 1 aromatic carbocycles. The van der Waals surface area contributed by atoms with Gasteiger partial charge in [-0.1, -0.05) is 18.2 Å². The van der Waals surface area contributed by atoms with E-state index in [1.54, 1.807) is 0 Å². The predicted molar refractivity (Wildman–Crippen MR) is 56.5 cm³/mol. The first kappa shape index (κ1) is 14.0. The van der Waals surface area contributed by atoms with Crippen LogP contribution in [0.4, 0.5) is 13.2 Å². The van der Waals surface area contributed by atoms with E-state index in [1.165, 1.54) is 0 Å². The van der Waals surface area contributed by atoms with Crippen molar-refractivity contribution < 1.29 is 21.6 Å². The van der Waals surface area contributed by atoms with Gasteiger partial charge < -0.3 is 0 Å². The summed E-state index contributed by atoms with van der Waals surface area (Å²) < 4.78 is 63.7. The maximum Gasteiger partial charge on any atom is 0.246 e. The molecule has 0 aromatic heterocycles. The Kier molecular flexibility index (Phi) is 4.18. The molecule has 0 fully saturated rings. The first-order valence-corrected chi connectivity index (χ1v) is 6.07. The van der Waals surface area contributed by atoms with Gasteiger partial charge in [-0.25, -0.2) is 26.3 Å². The smallest absolute Gasteiger partial charge is 0.207 e. The zero-order valence-electron chi connectivity index (χ0n) is 8.31. The van der Waals surface area contributed by atoms with Crippen molar-refractivity contribution in [3.8, 4) is 0 Å². The molecule has 0 heterocycles.